The summed E-state index contributed by atoms with van der Waals surface area (Å²) in [6.45, 7) is 9.37. The minimum atomic E-state index is -0.591. The lowest BCUT2D eigenvalue weighted by atomic mass is 10.1. The Balaban J connectivity index is 1.06. The molecule has 2 aliphatic rings. The number of hydrogen-bond acceptors (Lipinski definition) is 8. The number of fused-ring (bicyclic) bond motifs is 2. The van der Waals surface area contributed by atoms with E-state index in [1.807, 2.05) is 52.9 Å². The van der Waals surface area contributed by atoms with E-state index < -0.39 is 11.7 Å². The number of nitrogens with zero attached hydrogens (tertiary/aromatic N) is 4. The number of pyridine rings is 1. The molecular weight excluding hydrogens is 550 g/mol. The maximum Gasteiger partial charge on any atom is 0.412 e. The van der Waals surface area contributed by atoms with Gasteiger partial charge in [0.2, 0.25) is 12.7 Å². The van der Waals surface area contributed by atoms with Crippen LogP contribution in [0.2, 0.25) is 0 Å². The van der Waals surface area contributed by atoms with Gasteiger partial charge in [-0.3, -0.25) is 15.0 Å². The fraction of sp³-hybridized carbons (Fsp3) is 0.344. The van der Waals surface area contributed by atoms with E-state index >= 15 is 0 Å². The Morgan fingerprint density at radius 3 is 2.49 bits per heavy atom. The first-order chi connectivity index (χ1) is 20.6. The van der Waals surface area contributed by atoms with Gasteiger partial charge in [0.1, 0.15) is 17.0 Å². The van der Waals surface area contributed by atoms with E-state index in [-0.39, 0.29) is 12.7 Å². The number of carbonyl (C=O) groups is 2. The molecule has 0 aliphatic carbocycles. The average molecular weight is 586 g/mol. The smallest absolute Gasteiger partial charge is 0.412 e. The Kier molecular flexibility index (Phi) is 7.57. The van der Waals surface area contributed by atoms with Crippen molar-refractivity contribution in [1.29, 1.82) is 0 Å². The van der Waals surface area contributed by atoms with E-state index in [1.54, 1.807) is 32.9 Å². The molecule has 11 nitrogen and oxygen atoms in total. The third-order valence-electron chi connectivity index (χ3n) is 7.34. The highest BCUT2D eigenvalue weighted by atomic mass is 16.7. The van der Waals surface area contributed by atoms with Crippen LogP contribution in [0, 0.1) is 0 Å². The summed E-state index contributed by atoms with van der Waals surface area (Å²) in [6, 6.07) is 17.0. The molecule has 0 spiro atoms. The number of aryl methyl sites for hydroxylation is 1. The van der Waals surface area contributed by atoms with Gasteiger partial charge < -0.3 is 28.4 Å². The van der Waals surface area contributed by atoms with Crippen molar-refractivity contribution in [2.45, 2.75) is 32.9 Å². The molecule has 224 valence electrons. The van der Waals surface area contributed by atoms with Gasteiger partial charge in [-0.05, 0) is 68.8 Å². The second-order valence-electron chi connectivity index (χ2n) is 11.7. The molecule has 0 atom stereocenters. The van der Waals surface area contributed by atoms with Crippen LogP contribution in [0.1, 0.15) is 36.8 Å². The van der Waals surface area contributed by atoms with E-state index in [0.29, 0.717) is 36.1 Å². The van der Waals surface area contributed by atoms with Crippen molar-refractivity contribution < 1.29 is 28.5 Å². The number of nitrogens with one attached hydrogen (secondary N) is 1. The molecule has 0 unspecified atom stereocenters. The van der Waals surface area contributed by atoms with E-state index in [2.05, 4.69) is 21.3 Å². The maximum absolute atomic E-state index is 13.5. The summed E-state index contributed by atoms with van der Waals surface area (Å²) in [4.78, 5) is 34.1. The Bertz CT molecular complexity index is 1650. The normalized spacial score (nSPS) is 15.0. The van der Waals surface area contributed by atoms with Crippen molar-refractivity contribution in [3.05, 3.63) is 72.1 Å². The van der Waals surface area contributed by atoms with E-state index in [0.717, 1.165) is 42.0 Å². The standard InChI is InChI=1S/C32H35N5O6/c1-32(2,3)43-31(39)34-23-6-10-29(33-18-23)42-24-7-8-25-22(16-24)17-26(35(25)4)30(38)37-13-11-36(12-14-37)19-21-5-9-27-28(15-21)41-20-40-27/h5-10,15-18H,11-14,19-20H2,1-4H3,(H,34,39). The number of aromatic nitrogens is 2. The first-order valence-electron chi connectivity index (χ1n) is 14.2. The monoisotopic (exact) mass is 585 g/mol. The molecule has 1 saturated heterocycles. The number of carbonyl (C=O) groups excluding carboxylic acids is 2. The van der Waals surface area contributed by atoms with Crippen LogP contribution in [0.15, 0.2) is 60.8 Å². The average Bonchev–Trinajstić information content (AvgIpc) is 3.57. The lowest BCUT2D eigenvalue weighted by molar-refractivity contribution is 0.0616. The van der Waals surface area contributed by atoms with E-state index in [1.165, 1.54) is 11.8 Å². The second kappa shape index (κ2) is 11.5. The van der Waals surface area contributed by atoms with Gasteiger partial charge in [-0.1, -0.05) is 6.07 Å². The van der Waals surface area contributed by atoms with Crippen LogP contribution in [0.3, 0.4) is 0 Å². The zero-order chi connectivity index (χ0) is 30.1. The summed E-state index contributed by atoms with van der Waals surface area (Å²) in [5.41, 5.74) is 2.64. The number of anilines is 1. The molecule has 43 heavy (non-hydrogen) atoms. The van der Waals surface area contributed by atoms with Gasteiger partial charge in [0, 0.05) is 56.7 Å². The van der Waals surface area contributed by atoms with Gasteiger partial charge in [-0.25, -0.2) is 9.78 Å². The molecule has 2 aromatic carbocycles. The van der Waals surface area contributed by atoms with Crippen LogP contribution in [0.25, 0.3) is 10.9 Å². The quantitative estimate of drug-likeness (QED) is 0.321. The maximum atomic E-state index is 13.5. The largest absolute Gasteiger partial charge is 0.454 e. The Morgan fingerprint density at radius 1 is 0.953 bits per heavy atom. The molecule has 0 saturated carbocycles. The highest BCUT2D eigenvalue weighted by molar-refractivity contribution is 5.99. The van der Waals surface area contributed by atoms with Crippen LogP contribution >= 0.6 is 0 Å². The van der Waals surface area contributed by atoms with Gasteiger partial charge in [0.15, 0.2) is 11.5 Å². The number of piperazine rings is 1. The fourth-order valence-corrected chi connectivity index (χ4v) is 5.22. The predicted octanol–water partition coefficient (Wildman–Crippen LogP) is 5.40. The van der Waals surface area contributed by atoms with Crippen molar-refractivity contribution >= 4 is 28.6 Å². The van der Waals surface area contributed by atoms with Gasteiger partial charge in [0.05, 0.1) is 11.9 Å². The third kappa shape index (κ3) is 6.51. The highest BCUT2D eigenvalue weighted by Gasteiger charge is 2.25. The number of amides is 2. The first-order valence-corrected chi connectivity index (χ1v) is 14.2. The van der Waals surface area contributed by atoms with Crippen LogP contribution < -0.4 is 19.5 Å². The Hall–Kier alpha value is -4.77. The van der Waals surface area contributed by atoms with Crippen molar-refractivity contribution in [3.8, 4) is 23.1 Å². The lowest BCUT2D eigenvalue weighted by Crippen LogP contribution is -2.48. The molecule has 2 amide bonds. The molecule has 6 rings (SSSR count). The number of benzene rings is 2. The zero-order valence-electron chi connectivity index (χ0n) is 24.8. The number of hydrogen-bond donors (Lipinski definition) is 1. The molecule has 11 heteroatoms. The summed E-state index contributed by atoms with van der Waals surface area (Å²) in [7, 11) is 1.91. The summed E-state index contributed by atoms with van der Waals surface area (Å²) >= 11 is 0. The first kappa shape index (κ1) is 28.4. The lowest BCUT2D eigenvalue weighted by Gasteiger charge is -2.34. The topological polar surface area (TPSA) is 107 Å². The van der Waals surface area contributed by atoms with Crippen molar-refractivity contribution in [1.82, 2.24) is 19.4 Å². The van der Waals surface area contributed by atoms with E-state index in [4.69, 9.17) is 18.9 Å². The van der Waals surface area contributed by atoms with Gasteiger partial charge >= 0.3 is 6.09 Å². The van der Waals surface area contributed by atoms with Crippen molar-refractivity contribution in [2.75, 3.05) is 38.3 Å². The summed E-state index contributed by atoms with van der Waals surface area (Å²) in [5.74, 6) is 2.55. The van der Waals surface area contributed by atoms with Crippen LogP contribution in [0.5, 0.6) is 23.1 Å². The van der Waals surface area contributed by atoms with E-state index in [9.17, 15) is 9.59 Å². The number of rotatable bonds is 6. The zero-order valence-corrected chi connectivity index (χ0v) is 24.8. The van der Waals surface area contributed by atoms with Crippen LogP contribution in [-0.4, -0.2) is 69.9 Å². The molecule has 1 N–H and O–H groups in total. The molecular formula is C32H35N5O6. The summed E-state index contributed by atoms with van der Waals surface area (Å²) in [6.07, 6.45) is 0.956. The predicted molar refractivity (Wildman–Crippen MR) is 161 cm³/mol. The molecule has 4 aromatic rings. The van der Waals surface area contributed by atoms with Gasteiger partial charge in [-0.2, -0.15) is 0 Å². The Morgan fingerprint density at radius 2 is 1.74 bits per heavy atom. The summed E-state index contributed by atoms with van der Waals surface area (Å²) in [5, 5.41) is 3.55. The second-order valence-corrected chi connectivity index (χ2v) is 11.7. The molecule has 0 bridgehead atoms. The van der Waals surface area contributed by atoms with Gasteiger partial charge in [-0.15, -0.1) is 0 Å². The van der Waals surface area contributed by atoms with Crippen LogP contribution in [0.4, 0.5) is 10.5 Å². The van der Waals surface area contributed by atoms with Gasteiger partial charge in [0.25, 0.3) is 5.91 Å². The SMILES string of the molecule is Cn1c(C(=O)N2CCN(Cc3ccc4c(c3)OCO4)CC2)cc2cc(Oc3ccc(NC(=O)OC(C)(C)C)cn3)ccc21. The molecule has 4 heterocycles. The fourth-order valence-electron chi connectivity index (χ4n) is 5.22. The van der Waals surface area contributed by atoms with Crippen molar-refractivity contribution in [3.63, 3.8) is 0 Å². The van der Waals surface area contributed by atoms with Crippen LogP contribution in [-0.2, 0) is 18.3 Å². The Labute approximate surface area is 249 Å². The minimum Gasteiger partial charge on any atom is -0.454 e. The minimum absolute atomic E-state index is 0.0126. The molecule has 2 aliphatic heterocycles. The molecule has 0 radical (unpaired) electrons. The van der Waals surface area contributed by atoms with Crippen molar-refractivity contribution in [2.24, 2.45) is 7.05 Å². The number of ether oxygens (including phenoxy) is 4. The highest BCUT2D eigenvalue weighted by Crippen LogP contribution is 2.33. The summed E-state index contributed by atoms with van der Waals surface area (Å²) < 4.78 is 24.1. The molecule has 1 fully saturated rings. The molecule has 2 aromatic heterocycles. The third-order valence-corrected chi connectivity index (χ3v) is 7.34.